The Balaban J connectivity index is 4.49. The third-order valence-electron chi connectivity index (χ3n) is 2.77. The minimum atomic E-state index is -0.569. The topological polar surface area (TPSA) is 75.3 Å². The number of hydrogen-bond acceptors (Lipinski definition) is 3. The van der Waals surface area contributed by atoms with Gasteiger partial charge in [-0.1, -0.05) is 27.7 Å². The van der Waals surface area contributed by atoms with Gasteiger partial charge in [0.15, 0.2) is 0 Å². The van der Waals surface area contributed by atoms with Gasteiger partial charge in [-0.3, -0.25) is 4.79 Å². The van der Waals surface area contributed by atoms with Gasteiger partial charge in [-0.25, -0.2) is 0 Å². The summed E-state index contributed by atoms with van der Waals surface area (Å²) in [7, 11) is 0. The lowest BCUT2D eigenvalue weighted by Gasteiger charge is -2.32. The van der Waals surface area contributed by atoms with Gasteiger partial charge in [0.25, 0.3) is 0 Å². The van der Waals surface area contributed by atoms with Crippen LogP contribution in [-0.2, 0) is 4.79 Å². The average molecular weight is 216 g/mol. The predicted molar refractivity (Wildman–Crippen MR) is 61.4 cm³/mol. The third-order valence-corrected chi connectivity index (χ3v) is 2.77. The summed E-state index contributed by atoms with van der Waals surface area (Å²) in [6.45, 7) is 9.39. The van der Waals surface area contributed by atoms with Crippen molar-refractivity contribution in [3.05, 3.63) is 0 Å². The standard InChI is InChI=1S/C11H24N2O2/c1-6-11(5,7-14)13-9(15)8(12)10(2,3)4/h8,14H,6-7,12H2,1-5H3,(H,13,15)/t8-,11?/m0/s1. The van der Waals surface area contributed by atoms with Crippen LogP contribution in [0.15, 0.2) is 0 Å². The number of amides is 1. The van der Waals surface area contributed by atoms with Crippen LogP contribution in [0.1, 0.15) is 41.0 Å². The molecule has 0 aliphatic rings. The smallest absolute Gasteiger partial charge is 0.237 e. The molecular weight excluding hydrogens is 192 g/mol. The van der Waals surface area contributed by atoms with Gasteiger partial charge < -0.3 is 16.2 Å². The van der Waals surface area contributed by atoms with E-state index in [1.165, 1.54) is 0 Å². The Bertz CT molecular complexity index is 217. The first kappa shape index (κ1) is 14.4. The summed E-state index contributed by atoms with van der Waals surface area (Å²) in [5.41, 5.74) is 4.98. The lowest BCUT2D eigenvalue weighted by Crippen LogP contribution is -2.57. The second kappa shape index (κ2) is 4.94. The number of carbonyl (C=O) groups excluding carboxylic acids is 1. The van der Waals surface area contributed by atoms with Gasteiger partial charge >= 0.3 is 0 Å². The van der Waals surface area contributed by atoms with Crippen molar-refractivity contribution in [2.75, 3.05) is 6.61 Å². The van der Waals surface area contributed by atoms with Crippen molar-refractivity contribution in [2.24, 2.45) is 11.1 Å². The van der Waals surface area contributed by atoms with Gasteiger partial charge in [0.1, 0.15) is 0 Å². The van der Waals surface area contributed by atoms with E-state index in [1.807, 2.05) is 27.7 Å². The van der Waals surface area contributed by atoms with E-state index < -0.39 is 11.6 Å². The highest BCUT2D eigenvalue weighted by atomic mass is 16.3. The molecule has 0 fully saturated rings. The quantitative estimate of drug-likeness (QED) is 0.645. The van der Waals surface area contributed by atoms with Crippen LogP contribution in [-0.4, -0.2) is 29.2 Å². The Morgan fingerprint density at radius 2 is 1.87 bits per heavy atom. The molecule has 1 amide bonds. The van der Waals surface area contributed by atoms with Gasteiger partial charge in [-0.05, 0) is 18.8 Å². The molecule has 0 aliphatic carbocycles. The molecule has 0 aliphatic heterocycles. The van der Waals surface area contributed by atoms with Crippen LogP contribution in [0.25, 0.3) is 0 Å². The van der Waals surface area contributed by atoms with Crippen LogP contribution >= 0.6 is 0 Å². The molecule has 15 heavy (non-hydrogen) atoms. The van der Waals surface area contributed by atoms with Crippen molar-refractivity contribution < 1.29 is 9.90 Å². The number of rotatable bonds is 4. The maximum atomic E-state index is 11.8. The van der Waals surface area contributed by atoms with Gasteiger partial charge in [-0.2, -0.15) is 0 Å². The largest absolute Gasteiger partial charge is 0.394 e. The monoisotopic (exact) mass is 216 g/mol. The molecular formula is C11H24N2O2. The Morgan fingerprint density at radius 1 is 1.40 bits per heavy atom. The molecule has 0 rings (SSSR count). The summed E-state index contributed by atoms with van der Waals surface area (Å²) in [6.07, 6.45) is 0.673. The molecule has 0 saturated carbocycles. The van der Waals surface area contributed by atoms with Gasteiger partial charge in [-0.15, -0.1) is 0 Å². The first-order valence-corrected chi connectivity index (χ1v) is 5.35. The Labute approximate surface area is 92.2 Å². The molecule has 1 unspecified atom stereocenters. The molecule has 0 aromatic rings. The summed E-state index contributed by atoms with van der Waals surface area (Å²) < 4.78 is 0. The van der Waals surface area contributed by atoms with E-state index in [0.29, 0.717) is 6.42 Å². The van der Waals surface area contributed by atoms with Crippen molar-refractivity contribution in [3.63, 3.8) is 0 Å². The zero-order chi connectivity index (χ0) is 12.3. The minimum Gasteiger partial charge on any atom is -0.394 e. The third kappa shape index (κ3) is 4.18. The van der Waals surface area contributed by atoms with Crippen LogP contribution in [0.4, 0.5) is 0 Å². The summed E-state index contributed by atoms with van der Waals surface area (Å²) in [6, 6.07) is -0.560. The van der Waals surface area contributed by atoms with E-state index in [9.17, 15) is 4.79 Å². The number of nitrogens with one attached hydrogen (secondary N) is 1. The van der Waals surface area contributed by atoms with E-state index in [-0.39, 0.29) is 17.9 Å². The van der Waals surface area contributed by atoms with Crippen molar-refractivity contribution in [1.82, 2.24) is 5.32 Å². The van der Waals surface area contributed by atoms with Crippen molar-refractivity contribution >= 4 is 5.91 Å². The second-order valence-electron chi connectivity index (χ2n) is 5.41. The molecule has 0 spiro atoms. The first-order valence-electron chi connectivity index (χ1n) is 5.35. The predicted octanol–water partition coefficient (Wildman–Crippen LogP) is 0.637. The van der Waals surface area contributed by atoms with Crippen LogP contribution in [0.2, 0.25) is 0 Å². The summed E-state index contributed by atoms with van der Waals surface area (Å²) in [5.74, 6) is -0.207. The number of hydrogen-bond donors (Lipinski definition) is 3. The van der Waals surface area contributed by atoms with Gasteiger partial charge in [0.05, 0.1) is 18.2 Å². The Morgan fingerprint density at radius 3 is 2.13 bits per heavy atom. The summed E-state index contributed by atoms with van der Waals surface area (Å²) in [5, 5.41) is 11.9. The highest BCUT2D eigenvalue weighted by molar-refractivity contribution is 5.83. The zero-order valence-corrected chi connectivity index (χ0v) is 10.4. The fourth-order valence-corrected chi connectivity index (χ4v) is 1.01. The van der Waals surface area contributed by atoms with Crippen molar-refractivity contribution in [3.8, 4) is 0 Å². The van der Waals surface area contributed by atoms with E-state index >= 15 is 0 Å². The number of aliphatic hydroxyl groups is 1. The molecule has 4 nitrogen and oxygen atoms in total. The maximum absolute atomic E-state index is 11.8. The van der Waals surface area contributed by atoms with Gasteiger partial charge in [0.2, 0.25) is 5.91 Å². The van der Waals surface area contributed by atoms with Crippen LogP contribution in [0, 0.1) is 5.41 Å². The second-order valence-corrected chi connectivity index (χ2v) is 5.41. The normalized spacial score (nSPS) is 18.1. The highest BCUT2D eigenvalue weighted by Crippen LogP contribution is 2.18. The molecule has 0 saturated heterocycles. The van der Waals surface area contributed by atoms with Crippen molar-refractivity contribution in [1.29, 1.82) is 0 Å². The van der Waals surface area contributed by atoms with E-state index in [4.69, 9.17) is 10.8 Å². The molecule has 0 heterocycles. The lowest BCUT2D eigenvalue weighted by atomic mass is 9.86. The van der Waals surface area contributed by atoms with Gasteiger partial charge in [0, 0.05) is 0 Å². The number of nitrogens with two attached hydrogens (primary N) is 1. The van der Waals surface area contributed by atoms with E-state index in [2.05, 4.69) is 5.32 Å². The molecule has 0 aromatic carbocycles. The maximum Gasteiger partial charge on any atom is 0.237 e. The molecule has 2 atom stereocenters. The Hall–Kier alpha value is -0.610. The van der Waals surface area contributed by atoms with Crippen LogP contribution in [0.3, 0.4) is 0 Å². The molecule has 0 aromatic heterocycles. The van der Waals surface area contributed by atoms with Crippen LogP contribution in [0.5, 0.6) is 0 Å². The summed E-state index contributed by atoms with van der Waals surface area (Å²) in [4.78, 5) is 11.8. The molecule has 0 bridgehead atoms. The minimum absolute atomic E-state index is 0.0773. The van der Waals surface area contributed by atoms with E-state index in [0.717, 1.165) is 0 Å². The van der Waals surface area contributed by atoms with Crippen molar-refractivity contribution in [2.45, 2.75) is 52.6 Å². The lowest BCUT2D eigenvalue weighted by molar-refractivity contribution is -0.126. The SMILES string of the molecule is CCC(C)(CO)NC(=O)[C@H](N)C(C)(C)C. The molecule has 0 radical (unpaired) electrons. The fourth-order valence-electron chi connectivity index (χ4n) is 1.01. The molecule has 90 valence electrons. The molecule has 4 heteroatoms. The highest BCUT2D eigenvalue weighted by Gasteiger charge is 2.31. The van der Waals surface area contributed by atoms with E-state index in [1.54, 1.807) is 6.92 Å². The van der Waals surface area contributed by atoms with Crippen LogP contribution < -0.4 is 11.1 Å². The Kier molecular flexibility index (Phi) is 4.74. The summed E-state index contributed by atoms with van der Waals surface area (Å²) >= 11 is 0. The fraction of sp³-hybridized carbons (Fsp3) is 0.909. The zero-order valence-electron chi connectivity index (χ0n) is 10.4. The number of aliphatic hydroxyl groups excluding tert-OH is 1. The first-order chi connectivity index (χ1) is 6.66. The number of carbonyl (C=O) groups is 1. The average Bonchev–Trinajstić information content (AvgIpc) is 2.15. The molecule has 4 N–H and O–H groups in total.